The average molecular weight is 914 g/mol. The van der Waals surface area contributed by atoms with Crippen LogP contribution in [-0.4, -0.2) is 19.4 Å². The Labute approximate surface area is 412 Å². The minimum Gasteiger partial charge on any atom is -0.356 e. The lowest BCUT2D eigenvalue weighted by Gasteiger charge is -2.43. The zero-order chi connectivity index (χ0) is 47.1. The monoisotopic (exact) mass is 913 g/mol. The Hall–Kier alpha value is -8.12. The number of hydrogen-bond acceptors (Lipinski definition) is 2. The van der Waals surface area contributed by atoms with Crippen molar-refractivity contribution in [3.05, 3.63) is 248 Å². The zero-order valence-corrected chi connectivity index (χ0v) is 41.0. The second-order valence-electron chi connectivity index (χ2n) is 20.2. The highest BCUT2D eigenvalue weighted by Gasteiger charge is 2.45. The fourth-order valence-electron chi connectivity index (χ4n) is 11.9. The molecule has 0 saturated heterocycles. The smallest absolute Gasteiger partial charge is 0.252 e. The van der Waals surface area contributed by atoms with E-state index in [1.807, 2.05) is 0 Å². The summed E-state index contributed by atoms with van der Waals surface area (Å²) in [5, 5.41) is 12.0. The molecule has 0 saturated carbocycles. The van der Waals surface area contributed by atoms with Crippen molar-refractivity contribution in [1.29, 1.82) is 0 Å². The summed E-state index contributed by atoms with van der Waals surface area (Å²) in [5.41, 5.74) is 18.2. The molecular formula is C65H52BN3Si. The molecule has 70 heavy (non-hydrogen) atoms. The van der Waals surface area contributed by atoms with Gasteiger partial charge < -0.3 is 14.8 Å². The lowest BCUT2D eigenvalue weighted by atomic mass is 9.32. The molecule has 0 bridgehead atoms. The van der Waals surface area contributed by atoms with Gasteiger partial charge in [-0.05, 0) is 115 Å². The van der Waals surface area contributed by atoms with Gasteiger partial charge in [-0.2, -0.15) is 0 Å². The Morgan fingerprint density at radius 1 is 0.443 bits per heavy atom. The SMILES string of the molecule is Cc1ccc2c(c1)B1c3c(cc(-n4c5ccccc5c5ccccc54)cc3N(c3ccc([Si](c4ccccc4)(c4ccccc4)c4ccccc4)cc3)c3cc(C(C)(C)C)cc(-c4ccccc4)c31)N2. The summed E-state index contributed by atoms with van der Waals surface area (Å²) in [6, 6.07) is 89.1. The number of para-hydroxylation sites is 2. The Kier molecular flexibility index (Phi) is 9.76. The minimum absolute atomic E-state index is 0.0302. The van der Waals surface area contributed by atoms with Crippen LogP contribution in [0.25, 0.3) is 38.6 Å². The molecule has 0 fully saturated rings. The molecule has 0 spiro atoms. The Balaban J connectivity index is 1.13. The molecule has 10 aromatic carbocycles. The number of nitrogens with zero attached hydrogens (tertiary/aromatic N) is 2. The lowest BCUT2D eigenvalue weighted by molar-refractivity contribution is 0.590. The molecule has 0 amide bonds. The molecule has 0 atom stereocenters. The number of fused-ring (bicyclic) bond motifs is 7. The van der Waals surface area contributed by atoms with E-state index >= 15 is 0 Å². The van der Waals surface area contributed by atoms with Gasteiger partial charge in [0.05, 0.1) is 16.7 Å². The standard InChI is InChI=1S/C65H52BN3Si/c1-44-33-38-57-56(39-44)66-63-55(45-21-9-5-10-22-45)40-46(65(2,3)4)41-61(63)68(62-43-48(42-58(67-57)64(62)66)69-59-31-19-17-29-53(59)54-30-18-20-32-60(54)69)47-34-36-52(37-35-47)70(49-23-11-6-12-24-49,50-25-13-7-14-26-50)51-27-15-8-16-28-51/h5-43,67H,1-4H3. The summed E-state index contributed by atoms with van der Waals surface area (Å²) < 4.78 is 2.47. The molecule has 5 heteroatoms. The normalized spacial score (nSPS) is 12.9. The van der Waals surface area contributed by atoms with E-state index in [1.54, 1.807) is 0 Å². The Morgan fingerprint density at radius 2 is 0.957 bits per heavy atom. The first-order valence-corrected chi connectivity index (χ1v) is 26.6. The number of benzene rings is 10. The molecule has 11 aromatic rings. The third kappa shape index (κ3) is 6.49. The maximum Gasteiger partial charge on any atom is 0.252 e. The van der Waals surface area contributed by atoms with Crippen LogP contribution < -0.4 is 47.4 Å². The van der Waals surface area contributed by atoms with Crippen LogP contribution in [0.5, 0.6) is 0 Å². The molecule has 3 nitrogen and oxygen atoms in total. The summed E-state index contributed by atoms with van der Waals surface area (Å²) in [6.45, 7) is 9.24. The predicted molar refractivity (Wildman–Crippen MR) is 302 cm³/mol. The van der Waals surface area contributed by atoms with Crippen LogP contribution in [0, 0.1) is 6.92 Å². The molecule has 13 rings (SSSR count). The van der Waals surface area contributed by atoms with E-state index in [4.69, 9.17) is 0 Å². The van der Waals surface area contributed by atoms with Crippen LogP contribution in [-0.2, 0) is 5.41 Å². The first kappa shape index (κ1) is 42.0. The molecule has 334 valence electrons. The number of anilines is 5. The molecule has 0 aliphatic carbocycles. The molecule has 1 N–H and O–H groups in total. The van der Waals surface area contributed by atoms with Crippen LogP contribution in [0.4, 0.5) is 28.4 Å². The van der Waals surface area contributed by atoms with Gasteiger partial charge in [-0.3, -0.25) is 0 Å². The highest BCUT2D eigenvalue weighted by atomic mass is 28.3. The van der Waals surface area contributed by atoms with E-state index in [0.29, 0.717) is 0 Å². The van der Waals surface area contributed by atoms with Gasteiger partial charge in [-0.1, -0.05) is 214 Å². The van der Waals surface area contributed by atoms with Gasteiger partial charge in [0.2, 0.25) is 0 Å². The maximum atomic E-state index is 4.05. The van der Waals surface area contributed by atoms with E-state index in [9.17, 15) is 0 Å². The summed E-state index contributed by atoms with van der Waals surface area (Å²) >= 11 is 0. The van der Waals surface area contributed by atoms with Gasteiger partial charge in [0.25, 0.3) is 6.71 Å². The lowest BCUT2D eigenvalue weighted by Crippen LogP contribution is -2.74. The second kappa shape index (κ2) is 16.3. The fraction of sp³-hybridized carbons (Fsp3) is 0.0769. The molecular weight excluding hydrogens is 862 g/mol. The Bertz CT molecular complexity index is 3640. The van der Waals surface area contributed by atoms with E-state index in [1.165, 1.54) is 92.6 Å². The van der Waals surface area contributed by atoms with Crippen molar-refractivity contribution in [3.63, 3.8) is 0 Å². The van der Waals surface area contributed by atoms with Crippen LogP contribution in [0.3, 0.4) is 0 Å². The first-order valence-electron chi connectivity index (χ1n) is 24.6. The van der Waals surface area contributed by atoms with Crippen LogP contribution in [0.2, 0.25) is 0 Å². The highest BCUT2D eigenvalue weighted by molar-refractivity contribution is 7.19. The summed E-state index contributed by atoms with van der Waals surface area (Å²) in [7, 11) is -2.79. The molecule has 2 aliphatic heterocycles. The topological polar surface area (TPSA) is 20.2 Å². The summed E-state index contributed by atoms with van der Waals surface area (Å²) in [6.07, 6.45) is 0. The first-order chi connectivity index (χ1) is 34.3. The maximum absolute atomic E-state index is 4.05. The second-order valence-corrected chi connectivity index (χ2v) is 24.1. The molecule has 1 aromatic heterocycles. The van der Waals surface area contributed by atoms with Crippen LogP contribution >= 0.6 is 0 Å². The molecule has 0 unspecified atom stereocenters. The van der Waals surface area contributed by atoms with Crippen molar-refractivity contribution < 1.29 is 0 Å². The number of rotatable bonds is 7. The van der Waals surface area contributed by atoms with Gasteiger partial charge >= 0.3 is 0 Å². The van der Waals surface area contributed by atoms with Crippen molar-refractivity contribution in [2.45, 2.75) is 33.1 Å². The van der Waals surface area contributed by atoms with E-state index < -0.39 is 8.07 Å². The fourth-order valence-corrected chi connectivity index (χ4v) is 16.7. The number of aryl methyl sites for hydroxylation is 1. The average Bonchev–Trinajstić information content (AvgIpc) is 3.74. The highest BCUT2D eigenvalue weighted by Crippen LogP contribution is 2.45. The van der Waals surface area contributed by atoms with Crippen molar-refractivity contribution in [3.8, 4) is 16.8 Å². The van der Waals surface area contributed by atoms with E-state index in [2.05, 4.69) is 279 Å². The summed E-state index contributed by atoms with van der Waals surface area (Å²) in [4.78, 5) is 2.60. The molecule has 2 aliphatic rings. The molecule has 3 heterocycles. The Morgan fingerprint density at radius 3 is 1.53 bits per heavy atom. The van der Waals surface area contributed by atoms with Crippen molar-refractivity contribution in [1.82, 2.24) is 4.57 Å². The van der Waals surface area contributed by atoms with Crippen LogP contribution in [0.1, 0.15) is 31.9 Å². The third-order valence-corrected chi connectivity index (χ3v) is 19.9. The van der Waals surface area contributed by atoms with Gasteiger partial charge in [0.15, 0.2) is 8.07 Å². The van der Waals surface area contributed by atoms with Gasteiger partial charge in [-0.15, -0.1) is 0 Å². The summed E-state index contributed by atoms with van der Waals surface area (Å²) in [5.74, 6) is 0. The number of nitrogens with one attached hydrogen (secondary N) is 1. The number of aromatic nitrogens is 1. The molecule has 0 radical (unpaired) electrons. The van der Waals surface area contributed by atoms with Gasteiger partial charge in [0.1, 0.15) is 0 Å². The van der Waals surface area contributed by atoms with Gasteiger partial charge in [-0.25, -0.2) is 0 Å². The van der Waals surface area contributed by atoms with E-state index in [0.717, 1.165) is 22.7 Å². The van der Waals surface area contributed by atoms with Crippen molar-refractivity contribution >= 4 is 102 Å². The quantitative estimate of drug-likeness (QED) is 0.127. The zero-order valence-electron chi connectivity index (χ0n) is 40.0. The largest absolute Gasteiger partial charge is 0.356 e. The third-order valence-electron chi connectivity index (χ3n) is 15.1. The van der Waals surface area contributed by atoms with Gasteiger partial charge in [0, 0.05) is 39.2 Å². The van der Waals surface area contributed by atoms with Crippen LogP contribution in [0.15, 0.2) is 237 Å². The van der Waals surface area contributed by atoms with Crippen molar-refractivity contribution in [2.75, 3.05) is 10.2 Å². The minimum atomic E-state index is -2.79. The van der Waals surface area contributed by atoms with Crippen molar-refractivity contribution in [2.24, 2.45) is 0 Å². The predicted octanol–water partition coefficient (Wildman–Crippen LogP) is 11.8. The number of hydrogen-bond donors (Lipinski definition) is 1. The van der Waals surface area contributed by atoms with E-state index in [-0.39, 0.29) is 12.1 Å².